The minimum atomic E-state index is -0.783. The van der Waals surface area contributed by atoms with Crippen LogP contribution >= 0.6 is 0 Å². The molecule has 63 heavy (non-hydrogen) atoms. The molecule has 0 fully saturated rings. The van der Waals surface area contributed by atoms with E-state index < -0.39 is 6.10 Å². The van der Waals surface area contributed by atoms with Gasteiger partial charge in [-0.15, -0.1) is 0 Å². The zero-order valence-electron chi connectivity index (χ0n) is 41.6. The molecule has 0 radical (unpaired) electrons. The van der Waals surface area contributed by atoms with E-state index in [0.29, 0.717) is 19.3 Å². The zero-order chi connectivity index (χ0) is 45.8. The number of carbonyl (C=O) groups is 3. The molecule has 0 heterocycles. The van der Waals surface area contributed by atoms with Crippen LogP contribution < -0.4 is 0 Å². The number of hydrogen-bond acceptors (Lipinski definition) is 6. The molecular weight excluding hydrogens is 781 g/mol. The van der Waals surface area contributed by atoms with Crippen molar-refractivity contribution in [3.8, 4) is 0 Å². The highest BCUT2D eigenvalue weighted by molar-refractivity contribution is 5.71. The van der Waals surface area contributed by atoms with Gasteiger partial charge in [0.25, 0.3) is 0 Å². The fourth-order valence-electron chi connectivity index (χ4n) is 7.53. The summed E-state index contributed by atoms with van der Waals surface area (Å²) in [6.45, 7) is 6.47. The van der Waals surface area contributed by atoms with Crippen LogP contribution in [0.4, 0.5) is 0 Å². The molecule has 1 atom stereocenters. The molecule has 0 spiro atoms. The van der Waals surface area contributed by atoms with Crippen LogP contribution in [0.15, 0.2) is 60.8 Å². The summed E-state index contributed by atoms with van der Waals surface area (Å²) in [6.07, 6.45) is 63.4. The van der Waals surface area contributed by atoms with Crippen molar-refractivity contribution in [3.05, 3.63) is 60.8 Å². The molecule has 0 rings (SSSR count). The highest BCUT2D eigenvalue weighted by atomic mass is 16.6. The second-order valence-corrected chi connectivity index (χ2v) is 17.8. The number of unbranched alkanes of at least 4 members (excludes halogenated alkanes) is 29. The van der Waals surface area contributed by atoms with Crippen molar-refractivity contribution in [1.82, 2.24) is 0 Å². The first-order valence-electron chi connectivity index (χ1n) is 26.8. The first-order chi connectivity index (χ1) is 31.0. The molecule has 0 aromatic rings. The summed E-state index contributed by atoms with van der Waals surface area (Å²) in [7, 11) is 0. The summed E-state index contributed by atoms with van der Waals surface area (Å²) in [6, 6.07) is 0. The summed E-state index contributed by atoms with van der Waals surface area (Å²) in [5, 5.41) is 0. The highest BCUT2D eigenvalue weighted by Gasteiger charge is 2.19. The molecule has 1 unspecified atom stereocenters. The summed E-state index contributed by atoms with van der Waals surface area (Å²) >= 11 is 0. The van der Waals surface area contributed by atoms with Crippen LogP contribution in [0.25, 0.3) is 0 Å². The molecule has 0 aromatic heterocycles. The number of esters is 3. The molecule has 0 bridgehead atoms. The van der Waals surface area contributed by atoms with Crippen molar-refractivity contribution in [2.45, 2.75) is 271 Å². The van der Waals surface area contributed by atoms with Crippen LogP contribution in [0.1, 0.15) is 265 Å². The van der Waals surface area contributed by atoms with Gasteiger partial charge in [0, 0.05) is 19.3 Å². The third kappa shape index (κ3) is 50.0. The first kappa shape index (κ1) is 60.1. The Morgan fingerprint density at radius 1 is 0.349 bits per heavy atom. The van der Waals surface area contributed by atoms with Crippen LogP contribution in [0.3, 0.4) is 0 Å². The Labute approximate surface area is 390 Å². The quantitative estimate of drug-likeness (QED) is 0.0199. The van der Waals surface area contributed by atoms with Gasteiger partial charge in [-0.05, 0) is 70.6 Å². The van der Waals surface area contributed by atoms with E-state index in [4.69, 9.17) is 14.2 Å². The van der Waals surface area contributed by atoms with Crippen molar-refractivity contribution in [3.63, 3.8) is 0 Å². The lowest BCUT2D eigenvalue weighted by Gasteiger charge is -2.18. The van der Waals surface area contributed by atoms with Crippen molar-refractivity contribution in [1.29, 1.82) is 0 Å². The largest absolute Gasteiger partial charge is 0.462 e. The summed E-state index contributed by atoms with van der Waals surface area (Å²) in [4.78, 5) is 38.0. The van der Waals surface area contributed by atoms with E-state index in [2.05, 4.69) is 81.5 Å². The Morgan fingerprint density at radius 3 is 1.11 bits per heavy atom. The van der Waals surface area contributed by atoms with Crippen molar-refractivity contribution >= 4 is 17.9 Å². The predicted molar refractivity (Wildman–Crippen MR) is 270 cm³/mol. The molecule has 6 heteroatoms. The molecular formula is C57H100O6. The topological polar surface area (TPSA) is 78.9 Å². The number of carbonyl (C=O) groups excluding carboxylic acids is 3. The molecule has 0 saturated carbocycles. The fourth-order valence-corrected chi connectivity index (χ4v) is 7.53. The van der Waals surface area contributed by atoms with E-state index in [1.54, 1.807) is 0 Å². The maximum absolute atomic E-state index is 12.8. The lowest BCUT2D eigenvalue weighted by molar-refractivity contribution is -0.167. The standard InChI is InChI=1S/C57H100O6/c1-4-7-10-13-16-19-22-25-27-28-30-32-35-38-41-44-47-50-56(59)62-53-54(52-61-55(58)49-46-43-40-37-34-31-24-21-18-15-12-9-6-3)63-57(60)51-48-45-42-39-36-33-29-26-23-20-17-14-11-8-5-2/h9,12,15-16,18-19,21,24-25,27,54H,4-8,10-11,13-14,17,20,22-23,26,28-53H2,1-3H3/b12-9+,18-15+,19-16+,24-21+,27-25+. The fraction of sp³-hybridized carbons (Fsp3) is 0.772. The monoisotopic (exact) mass is 881 g/mol. The molecule has 6 nitrogen and oxygen atoms in total. The minimum Gasteiger partial charge on any atom is -0.462 e. The molecule has 0 N–H and O–H groups in total. The Hall–Kier alpha value is -2.89. The lowest BCUT2D eigenvalue weighted by atomic mass is 10.0. The van der Waals surface area contributed by atoms with Crippen LogP contribution in [0, 0.1) is 0 Å². The van der Waals surface area contributed by atoms with Gasteiger partial charge in [-0.1, -0.05) is 236 Å². The molecule has 0 aromatic carbocycles. The Kier molecular flexibility index (Phi) is 49.4. The molecule has 0 aliphatic heterocycles. The van der Waals surface area contributed by atoms with Crippen LogP contribution in [0.2, 0.25) is 0 Å². The van der Waals surface area contributed by atoms with Crippen LogP contribution in [0.5, 0.6) is 0 Å². The van der Waals surface area contributed by atoms with E-state index in [1.807, 2.05) is 0 Å². The molecule has 364 valence electrons. The summed E-state index contributed by atoms with van der Waals surface area (Å²) in [5.41, 5.74) is 0. The highest BCUT2D eigenvalue weighted by Crippen LogP contribution is 2.16. The Bertz CT molecular complexity index is 1150. The average Bonchev–Trinajstić information content (AvgIpc) is 3.28. The average molecular weight is 881 g/mol. The summed E-state index contributed by atoms with van der Waals surface area (Å²) < 4.78 is 16.8. The van der Waals surface area contributed by atoms with Crippen molar-refractivity contribution in [2.75, 3.05) is 13.2 Å². The van der Waals surface area contributed by atoms with Gasteiger partial charge in [0.1, 0.15) is 13.2 Å². The van der Waals surface area contributed by atoms with Crippen LogP contribution in [-0.4, -0.2) is 37.2 Å². The second-order valence-electron chi connectivity index (χ2n) is 17.8. The SMILES string of the molecule is CC/C=C/C=C/C=C/CCCCCCCC(=O)OCC(COC(=O)CCCCCCCCC/C=C/C/C=C/CCCCC)OC(=O)CCCCCCCCCCCCCCCCC. The summed E-state index contributed by atoms with van der Waals surface area (Å²) in [5.74, 6) is -0.903. The Balaban J connectivity index is 4.39. The second kappa shape index (κ2) is 51.7. The molecule has 0 aliphatic carbocycles. The lowest BCUT2D eigenvalue weighted by Crippen LogP contribution is -2.30. The number of hydrogen-bond donors (Lipinski definition) is 0. The molecule has 0 amide bonds. The first-order valence-corrected chi connectivity index (χ1v) is 26.8. The van der Waals surface area contributed by atoms with Gasteiger partial charge in [-0.3, -0.25) is 14.4 Å². The zero-order valence-corrected chi connectivity index (χ0v) is 41.6. The molecule has 0 aliphatic rings. The third-order valence-electron chi connectivity index (χ3n) is 11.6. The van der Waals surface area contributed by atoms with Crippen molar-refractivity contribution < 1.29 is 28.6 Å². The minimum absolute atomic E-state index is 0.0833. The van der Waals surface area contributed by atoms with Gasteiger partial charge in [0.2, 0.25) is 0 Å². The van der Waals surface area contributed by atoms with Gasteiger partial charge >= 0.3 is 17.9 Å². The number of allylic oxidation sites excluding steroid dienone is 10. The maximum Gasteiger partial charge on any atom is 0.306 e. The van der Waals surface area contributed by atoms with E-state index in [0.717, 1.165) is 96.3 Å². The maximum atomic E-state index is 12.8. The van der Waals surface area contributed by atoms with Gasteiger partial charge in [0.15, 0.2) is 6.10 Å². The van der Waals surface area contributed by atoms with Gasteiger partial charge in [-0.25, -0.2) is 0 Å². The van der Waals surface area contributed by atoms with E-state index in [1.165, 1.54) is 128 Å². The van der Waals surface area contributed by atoms with Crippen molar-refractivity contribution in [2.24, 2.45) is 0 Å². The van der Waals surface area contributed by atoms with Gasteiger partial charge in [-0.2, -0.15) is 0 Å². The normalized spacial score (nSPS) is 12.5. The van der Waals surface area contributed by atoms with E-state index in [-0.39, 0.29) is 31.1 Å². The predicted octanol–water partition coefficient (Wildman–Crippen LogP) is 17.6. The molecule has 0 saturated heterocycles. The Morgan fingerprint density at radius 2 is 0.683 bits per heavy atom. The van der Waals surface area contributed by atoms with E-state index >= 15 is 0 Å². The number of ether oxygens (including phenoxy) is 3. The smallest absolute Gasteiger partial charge is 0.306 e. The number of rotatable bonds is 48. The van der Waals surface area contributed by atoms with Gasteiger partial charge < -0.3 is 14.2 Å². The third-order valence-corrected chi connectivity index (χ3v) is 11.6. The van der Waals surface area contributed by atoms with E-state index in [9.17, 15) is 14.4 Å². The van der Waals surface area contributed by atoms with Crippen LogP contribution in [-0.2, 0) is 28.6 Å². The van der Waals surface area contributed by atoms with Gasteiger partial charge in [0.05, 0.1) is 0 Å².